The maximum Gasteiger partial charge on any atom is 0.331 e. The van der Waals surface area contributed by atoms with E-state index in [9.17, 15) is 19.5 Å². The third-order valence-electron chi connectivity index (χ3n) is 6.54. The third kappa shape index (κ3) is 6.56. The van der Waals surface area contributed by atoms with Crippen LogP contribution < -0.4 is 10.1 Å². The Kier molecular flexibility index (Phi) is 8.27. The van der Waals surface area contributed by atoms with Gasteiger partial charge >= 0.3 is 11.9 Å². The molecular formula is C27H32N2O8. The van der Waals surface area contributed by atoms with Crippen molar-refractivity contribution in [3.8, 4) is 11.5 Å². The number of pyridine rings is 1. The van der Waals surface area contributed by atoms with Crippen molar-refractivity contribution in [2.24, 2.45) is 11.8 Å². The Morgan fingerprint density at radius 1 is 1.16 bits per heavy atom. The Bertz CT molecular complexity index is 1130. The summed E-state index contributed by atoms with van der Waals surface area (Å²) < 4.78 is 22.4. The second-order valence-corrected chi connectivity index (χ2v) is 9.54. The number of hydrogen-bond acceptors (Lipinski definition) is 9. The topological polar surface area (TPSA) is 133 Å². The monoisotopic (exact) mass is 512 g/mol. The van der Waals surface area contributed by atoms with Gasteiger partial charge in [0.2, 0.25) is 0 Å². The number of carbonyl (C=O) groups is 3. The normalized spacial score (nSPS) is 24.1. The van der Waals surface area contributed by atoms with Crippen LogP contribution in [0.15, 0.2) is 36.5 Å². The number of methoxy groups -OCH3 is 1. The molecule has 4 unspecified atom stereocenters. The van der Waals surface area contributed by atoms with E-state index in [-0.39, 0.29) is 42.5 Å². The number of aromatic hydroxyl groups is 1. The number of benzene rings is 1. The molecule has 2 aliphatic rings. The molecule has 1 aliphatic heterocycles. The maximum atomic E-state index is 13.0. The van der Waals surface area contributed by atoms with Crippen molar-refractivity contribution in [3.63, 3.8) is 0 Å². The molecule has 1 aromatic heterocycles. The van der Waals surface area contributed by atoms with E-state index in [1.165, 1.54) is 19.4 Å². The molecule has 0 bridgehead atoms. The summed E-state index contributed by atoms with van der Waals surface area (Å²) in [7, 11) is 1.35. The fourth-order valence-electron chi connectivity index (χ4n) is 4.25. The molecule has 1 amide bonds. The number of ether oxygens (including phenoxy) is 4. The highest BCUT2D eigenvalue weighted by Crippen LogP contribution is 2.33. The summed E-state index contributed by atoms with van der Waals surface area (Å²) in [5.74, 6) is -2.61. The minimum absolute atomic E-state index is 0.0707. The summed E-state index contributed by atoms with van der Waals surface area (Å²) in [5.41, 5.74) is 1.87. The van der Waals surface area contributed by atoms with E-state index >= 15 is 0 Å². The molecule has 1 saturated heterocycles. The fraction of sp³-hybridized carbons (Fsp3) is 0.481. The van der Waals surface area contributed by atoms with Crippen molar-refractivity contribution >= 4 is 17.8 Å². The van der Waals surface area contributed by atoms with Gasteiger partial charge in [0.25, 0.3) is 5.91 Å². The molecule has 2 N–H and O–H groups in total. The van der Waals surface area contributed by atoms with Crippen LogP contribution in [0.4, 0.5) is 0 Å². The molecule has 198 valence electrons. The van der Waals surface area contributed by atoms with Crippen LogP contribution in [-0.2, 0) is 30.2 Å². The maximum absolute atomic E-state index is 13.0. The Labute approximate surface area is 215 Å². The third-order valence-corrected chi connectivity index (χ3v) is 6.54. The Morgan fingerprint density at radius 2 is 1.89 bits per heavy atom. The van der Waals surface area contributed by atoms with Crippen LogP contribution in [0.25, 0.3) is 0 Å². The summed E-state index contributed by atoms with van der Waals surface area (Å²) >= 11 is 0. The molecule has 10 heteroatoms. The van der Waals surface area contributed by atoms with Crippen LogP contribution in [0.5, 0.6) is 11.5 Å². The zero-order valence-corrected chi connectivity index (χ0v) is 21.1. The fourth-order valence-corrected chi connectivity index (χ4v) is 4.25. The van der Waals surface area contributed by atoms with Crippen LogP contribution in [0.1, 0.15) is 41.4 Å². The van der Waals surface area contributed by atoms with Gasteiger partial charge in [0.05, 0.1) is 26.2 Å². The van der Waals surface area contributed by atoms with E-state index in [0.29, 0.717) is 6.42 Å². The van der Waals surface area contributed by atoms with E-state index in [0.717, 1.165) is 24.0 Å². The molecule has 2 fully saturated rings. The second kappa shape index (κ2) is 11.6. The average molecular weight is 513 g/mol. The van der Waals surface area contributed by atoms with Gasteiger partial charge < -0.3 is 29.4 Å². The van der Waals surface area contributed by atoms with E-state index in [1.807, 2.05) is 31.2 Å². The van der Waals surface area contributed by atoms with Gasteiger partial charge in [-0.1, -0.05) is 29.8 Å². The van der Waals surface area contributed by atoms with Crippen LogP contribution in [-0.4, -0.2) is 66.5 Å². The van der Waals surface area contributed by atoms with Gasteiger partial charge in [-0.25, -0.2) is 9.78 Å². The predicted octanol–water partition coefficient (Wildman–Crippen LogP) is 2.35. The summed E-state index contributed by atoms with van der Waals surface area (Å²) in [4.78, 5) is 42.3. The van der Waals surface area contributed by atoms with Gasteiger partial charge in [0.1, 0.15) is 12.2 Å². The SMILES string of the molecule is COc1ccnc(C(=O)NC2COCC(Cc3ccc(C)cc3)C(OC(=O)C3CC3)C(C)OC2=O)c1O. The Morgan fingerprint density at radius 3 is 2.57 bits per heavy atom. The molecule has 4 atom stereocenters. The highest BCUT2D eigenvalue weighted by molar-refractivity contribution is 5.98. The molecular weight excluding hydrogens is 480 g/mol. The van der Waals surface area contributed by atoms with Crippen molar-refractivity contribution in [1.82, 2.24) is 10.3 Å². The van der Waals surface area contributed by atoms with Gasteiger partial charge in [-0.15, -0.1) is 0 Å². The van der Waals surface area contributed by atoms with Gasteiger partial charge in [0.15, 0.2) is 23.2 Å². The second-order valence-electron chi connectivity index (χ2n) is 9.54. The number of nitrogens with zero attached hydrogens (tertiary/aromatic N) is 1. The average Bonchev–Trinajstić information content (AvgIpc) is 3.72. The molecule has 1 aliphatic carbocycles. The first-order chi connectivity index (χ1) is 17.8. The quantitative estimate of drug-likeness (QED) is 0.536. The predicted molar refractivity (Wildman–Crippen MR) is 131 cm³/mol. The van der Waals surface area contributed by atoms with Crippen molar-refractivity contribution < 1.29 is 38.4 Å². The van der Waals surface area contributed by atoms with E-state index in [1.54, 1.807) is 6.92 Å². The molecule has 37 heavy (non-hydrogen) atoms. The summed E-state index contributed by atoms with van der Waals surface area (Å²) in [6.07, 6.45) is 1.92. The highest BCUT2D eigenvalue weighted by Gasteiger charge is 2.40. The number of hydrogen-bond donors (Lipinski definition) is 2. The Hall–Kier alpha value is -3.66. The lowest BCUT2D eigenvalue weighted by Gasteiger charge is -2.30. The van der Waals surface area contributed by atoms with Crippen LogP contribution in [0.3, 0.4) is 0 Å². The Balaban J connectivity index is 1.52. The molecule has 10 nitrogen and oxygen atoms in total. The lowest BCUT2D eigenvalue weighted by molar-refractivity contribution is -0.172. The number of carbonyl (C=O) groups excluding carboxylic acids is 3. The van der Waals surface area contributed by atoms with Crippen molar-refractivity contribution in [3.05, 3.63) is 53.3 Å². The zero-order chi connectivity index (χ0) is 26.5. The summed E-state index contributed by atoms with van der Waals surface area (Å²) in [5, 5.41) is 12.8. The number of cyclic esters (lactones) is 1. The lowest BCUT2D eigenvalue weighted by atomic mass is 9.91. The standard InChI is InChI=1S/C27H32N2O8/c1-15-4-6-17(7-5-15)12-19-13-35-14-20(29-25(31)22-23(30)21(34-3)10-11-28-22)27(33)36-16(2)24(19)37-26(32)18-8-9-18/h4-7,10-11,16,18-20,24,30H,8-9,12-14H2,1-3H3,(H,29,31). The zero-order valence-electron chi connectivity index (χ0n) is 21.1. The van der Waals surface area contributed by atoms with Crippen molar-refractivity contribution in [2.75, 3.05) is 20.3 Å². The molecule has 1 saturated carbocycles. The van der Waals surface area contributed by atoms with E-state index < -0.39 is 35.9 Å². The van der Waals surface area contributed by atoms with Gasteiger partial charge in [-0.3, -0.25) is 9.59 Å². The molecule has 4 rings (SSSR count). The summed E-state index contributed by atoms with van der Waals surface area (Å²) in [6.45, 7) is 3.68. The molecule has 1 aromatic carbocycles. The minimum Gasteiger partial charge on any atom is -0.503 e. The van der Waals surface area contributed by atoms with Crippen molar-refractivity contribution in [1.29, 1.82) is 0 Å². The summed E-state index contributed by atoms with van der Waals surface area (Å²) in [6, 6.07) is 8.27. The molecule has 0 radical (unpaired) electrons. The first-order valence-electron chi connectivity index (χ1n) is 12.3. The lowest BCUT2D eigenvalue weighted by Crippen LogP contribution is -2.46. The van der Waals surface area contributed by atoms with Gasteiger partial charge in [0, 0.05) is 18.2 Å². The number of aromatic nitrogens is 1. The number of amides is 1. The smallest absolute Gasteiger partial charge is 0.331 e. The number of aryl methyl sites for hydroxylation is 1. The van der Waals surface area contributed by atoms with Gasteiger partial charge in [-0.2, -0.15) is 0 Å². The number of esters is 2. The largest absolute Gasteiger partial charge is 0.503 e. The number of rotatable bonds is 7. The minimum atomic E-state index is -1.17. The van der Waals surface area contributed by atoms with Crippen molar-refractivity contribution in [2.45, 2.75) is 51.4 Å². The van der Waals surface area contributed by atoms with Crippen LogP contribution in [0, 0.1) is 18.8 Å². The van der Waals surface area contributed by atoms with E-state index in [4.69, 9.17) is 18.9 Å². The molecule has 2 heterocycles. The molecule has 0 spiro atoms. The first-order valence-corrected chi connectivity index (χ1v) is 12.3. The van der Waals surface area contributed by atoms with Gasteiger partial charge in [-0.05, 0) is 38.7 Å². The number of nitrogens with one attached hydrogen (secondary N) is 1. The van der Waals surface area contributed by atoms with E-state index in [2.05, 4.69) is 10.3 Å². The highest BCUT2D eigenvalue weighted by atomic mass is 16.6. The van der Waals surface area contributed by atoms with Crippen LogP contribution >= 0.6 is 0 Å². The first kappa shape index (κ1) is 26.4. The van der Waals surface area contributed by atoms with Crippen LogP contribution in [0.2, 0.25) is 0 Å². The molecule has 2 aromatic rings.